The molecule has 0 radical (unpaired) electrons. The molecular weight excluding hydrogens is 120 g/mol. The SMILES string of the molecule is O=CC1OCC=CC1O. The molecule has 0 aromatic heterocycles. The van der Waals surface area contributed by atoms with Gasteiger partial charge in [0, 0.05) is 0 Å². The summed E-state index contributed by atoms with van der Waals surface area (Å²) in [5.74, 6) is 0. The summed E-state index contributed by atoms with van der Waals surface area (Å²) in [5.41, 5.74) is 0. The average molecular weight is 128 g/mol. The zero-order chi connectivity index (χ0) is 6.69. The Morgan fingerprint density at radius 3 is 3.00 bits per heavy atom. The highest BCUT2D eigenvalue weighted by Gasteiger charge is 2.18. The highest BCUT2D eigenvalue weighted by atomic mass is 16.5. The van der Waals surface area contributed by atoms with Crippen molar-refractivity contribution in [1.29, 1.82) is 0 Å². The van der Waals surface area contributed by atoms with Gasteiger partial charge in [-0.2, -0.15) is 0 Å². The smallest absolute Gasteiger partial charge is 0.151 e. The zero-order valence-corrected chi connectivity index (χ0v) is 4.86. The van der Waals surface area contributed by atoms with Gasteiger partial charge in [0.1, 0.15) is 12.2 Å². The number of ether oxygens (including phenoxy) is 1. The molecule has 0 aliphatic carbocycles. The maximum atomic E-state index is 10.1. The summed E-state index contributed by atoms with van der Waals surface area (Å²) >= 11 is 0. The van der Waals surface area contributed by atoms with E-state index in [0.717, 1.165) is 0 Å². The second-order valence-electron chi connectivity index (χ2n) is 1.85. The van der Waals surface area contributed by atoms with E-state index in [1.165, 1.54) is 0 Å². The molecule has 9 heavy (non-hydrogen) atoms. The Labute approximate surface area is 52.9 Å². The third-order valence-electron chi connectivity index (χ3n) is 1.19. The van der Waals surface area contributed by atoms with Crippen molar-refractivity contribution in [1.82, 2.24) is 0 Å². The molecule has 0 aromatic rings. The van der Waals surface area contributed by atoms with Crippen molar-refractivity contribution in [2.24, 2.45) is 0 Å². The lowest BCUT2D eigenvalue weighted by Gasteiger charge is -2.17. The summed E-state index contributed by atoms with van der Waals surface area (Å²) in [5, 5.41) is 8.93. The van der Waals surface area contributed by atoms with Crippen LogP contribution in [0.1, 0.15) is 0 Å². The van der Waals surface area contributed by atoms with Crippen molar-refractivity contribution in [2.45, 2.75) is 12.2 Å². The lowest BCUT2D eigenvalue weighted by molar-refractivity contribution is -0.123. The van der Waals surface area contributed by atoms with E-state index in [2.05, 4.69) is 0 Å². The summed E-state index contributed by atoms with van der Waals surface area (Å²) in [6.45, 7) is 0.417. The number of hydrogen-bond donors (Lipinski definition) is 1. The normalized spacial score (nSPS) is 34.3. The molecule has 0 bridgehead atoms. The lowest BCUT2D eigenvalue weighted by atomic mass is 10.2. The van der Waals surface area contributed by atoms with E-state index in [0.29, 0.717) is 12.9 Å². The van der Waals surface area contributed by atoms with Crippen LogP contribution in [-0.4, -0.2) is 30.2 Å². The second kappa shape index (κ2) is 2.75. The van der Waals surface area contributed by atoms with Gasteiger partial charge in [0.15, 0.2) is 6.29 Å². The Balaban J connectivity index is 2.54. The number of aldehydes is 1. The maximum Gasteiger partial charge on any atom is 0.151 e. The minimum Gasteiger partial charge on any atom is -0.386 e. The van der Waals surface area contributed by atoms with Crippen LogP contribution < -0.4 is 0 Å². The molecule has 50 valence electrons. The van der Waals surface area contributed by atoms with Gasteiger partial charge < -0.3 is 14.6 Å². The van der Waals surface area contributed by atoms with E-state index < -0.39 is 12.2 Å². The third-order valence-corrected chi connectivity index (χ3v) is 1.19. The molecule has 0 amide bonds. The molecule has 1 aliphatic rings. The average Bonchev–Trinajstić information content (AvgIpc) is 1.89. The van der Waals surface area contributed by atoms with Crippen LogP contribution in [-0.2, 0) is 9.53 Å². The van der Waals surface area contributed by atoms with Crippen molar-refractivity contribution in [3.05, 3.63) is 12.2 Å². The van der Waals surface area contributed by atoms with Gasteiger partial charge in [0.2, 0.25) is 0 Å². The third kappa shape index (κ3) is 1.37. The second-order valence-corrected chi connectivity index (χ2v) is 1.85. The van der Waals surface area contributed by atoms with E-state index in [9.17, 15) is 4.79 Å². The fourth-order valence-electron chi connectivity index (χ4n) is 0.690. The lowest BCUT2D eigenvalue weighted by Crippen LogP contribution is -2.31. The van der Waals surface area contributed by atoms with E-state index >= 15 is 0 Å². The fourth-order valence-corrected chi connectivity index (χ4v) is 0.690. The summed E-state index contributed by atoms with van der Waals surface area (Å²) in [4.78, 5) is 10.1. The summed E-state index contributed by atoms with van der Waals surface area (Å²) < 4.78 is 4.83. The van der Waals surface area contributed by atoms with Gasteiger partial charge in [-0.3, -0.25) is 0 Å². The molecule has 1 heterocycles. The van der Waals surface area contributed by atoms with Crippen molar-refractivity contribution >= 4 is 6.29 Å². The van der Waals surface area contributed by atoms with Crippen molar-refractivity contribution in [3.8, 4) is 0 Å². The highest BCUT2D eigenvalue weighted by Crippen LogP contribution is 2.03. The fraction of sp³-hybridized carbons (Fsp3) is 0.500. The molecule has 2 atom stereocenters. The van der Waals surface area contributed by atoms with Crippen LogP contribution in [0.4, 0.5) is 0 Å². The van der Waals surface area contributed by atoms with Crippen LogP contribution in [0.5, 0.6) is 0 Å². The minimum absolute atomic E-state index is 0.417. The van der Waals surface area contributed by atoms with Crippen LogP contribution >= 0.6 is 0 Å². The number of carbonyl (C=O) groups is 1. The predicted octanol–water partition coefficient (Wildman–Crippen LogP) is -0.499. The van der Waals surface area contributed by atoms with Crippen LogP contribution in [0, 0.1) is 0 Å². The number of rotatable bonds is 1. The van der Waals surface area contributed by atoms with Crippen LogP contribution in [0.15, 0.2) is 12.2 Å². The number of carbonyl (C=O) groups excluding carboxylic acids is 1. The number of aliphatic hydroxyl groups is 1. The van der Waals surface area contributed by atoms with Crippen LogP contribution in [0.3, 0.4) is 0 Å². The Morgan fingerprint density at radius 1 is 1.78 bits per heavy atom. The molecule has 2 unspecified atom stereocenters. The molecule has 0 saturated heterocycles. The number of aliphatic hydroxyl groups excluding tert-OH is 1. The van der Waals surface area contributed by atoms with Gasteiger partial charge in [0.25, 0.3) is 0 Å². The van der Waals surface area contributed by atoms with Gasteiger partial charge in [-0.25, -0.2) is 0 Å². The standard InChI is InChI=1S/C6H8O3/c7-4-6-5(8)2-1-3-9-6/h1-2,4-6,8H,3H2. The van der Waals surface area contributed by atoms with Crippen LogP contribution in [0.2, 0.25) is 0 Å². The molecule has 1 N–H and O–H groups in total. The monoisotopic (exact) mass is 128 g/mol. The van der Waals surface area contributed by atoms with Crippen LogP contribution in [0.25, 0.3) is 0 Å². The molecular formula is C6H8O3. The Bertz CT molecular complexity index is 130. The van der Waals surface area contributed by atoms with Gasteiger partial charge in [-0.1, -0.05) is 12.2 Å². The van der Waals surface area contributed by atoms with E-state index in [1.807, 2.05) is 0 Å². The molecule has 3 heteroatoms. The quantitative estimate of drug-likeness (QED) is 0.382. The molecule has 0 aromatic carbocycles. The van der Waals surface area contributed by atoms with Gasteiger partial charge in [-0.15, -0.1) is 0 Å². The first-order chi connectivity index (χ1) is 4.34. The Morgan fingerprint density at radius 2 is 2.56 bits per heavy atom. The van der Waals surface area contributed by atoms with E-state index in [-0.39, 0.29) is 0 Å². The van der Waals surface area contributed by atoms with Crippen molar-refractivity contribution in [3.63, 3.8) is 0 Å². The first-order valence-electron chi connectivity index (χ1n) is 2.76. The molecule has 0 saturated carbocycles. The molecule has 1 rings (SSSR count). The predicted molar refractivity (Wildman–Crippen MR) is 31.0 cm³/mol. The molecule has 0 fully saturated rings. The van der Waals surface area contributed by atoms with E-state index in [4.69, 9.17) is 9.84 Å². The minimum atomic E-state index is -0.753. The summed E-state index contributed by atoms with van der Waals surface area (Å²) in [6, 6.07) is 0. The Kier molecular flexibility index (Phi) is 1.97. The maximum absolute atomic E-state index is 10.1. The largest absolute Gasteiger partial charge is 0.386 e. The molecule has 3 nitrogen and oxygen atoms in total. The Hall–Kier alpha value is -0.670. The van der Waals surface area contributed by atoms with Gasteiger partial charge >= 0.3 is 0 Å². The van der Waals surface area contributed by atoms with Gasteiger partial charge in [0.05, 0.1) is 6.61 Å². The topological polar surface area (TPSA) is 46.5 Å². The molecule has 1 aliphatic heterocycles. The first-order valence-corrected chi connectivity index (χ1v) is 2.76. The molecule has 0 spiro atoms. The summed E-state index contributed by atoms with van der Waals surface area (Å²) in [6.07, 6.45) is 2.44. The zero-order valence-electron chi connectivity index (χ0n) is 4.86. The highest BCUT2D eigenvalue weighted by molar-refractivity contribution is 5.58. The number of hydrogen-bond acceptors (Lipinski definition) is 3. The van der Waals surface area contributed by atoms with Crippen molar-refractivity contribution < 1.29 is 14.6 Å². The first kappa shape index (κ1) is 6.45. The van der Waals surface area contributed by atoms with E-state index in [1.54, 1.807) is 12.2 Å². The van der Waals surface area contributed by atoms with Crippen molar-refractivity contribution in [2.75, 3.05) is 6.61 Å². The summed E-state index contributed by atoms with van der Waals surface area (Å²) in [7, 11) is 0. The van der Waals surface area contributed by atoms with Gasteiger partial charge in [-0.05, 0) is 0 Å².